The second-order valence-electron chi connectivity index (χ2n) is 14.7. The van der Waals surface area contributed by atoms with Crippen LogP contribution in [0.5, 0.6) is 0 Å². The van der Waals surface area contributed by atoms with E-state index in [1.54, 1.807) is 6.20 Å². The molecule has 0 saturated heterocycles. The molecule has 1 fully saturated rings. The molecule has 15 heteroatoms. The third-order valence-electron chi connectivity index (χ3n) is 9.69. The Hall–Kier alpha value is -4.59. The van der Waals surface area contributed by atoms with Crippen molar-refractivity contribution in [2.24, 2.45) is 21.6 Å². The number of aromatic nitrogens is 4. The van der Waals surface area contributed by atoms with Crippen molar-refractivity contribution in [1.82, 2.24) is 24.6 Å². The van der Waals surface area contributed by atoms with Gasteiger partial charge in [0.1, 0.15) is 12.9 Å². The number of alkyl halides is 4. The highest BCUT2D eigenvalue weighted by Crippen LogP contribution is 2.59. The zero-order valence-corrected chi connectivity index (χ0v) is 29.5. The molecule has 1 aliphatic heterocycles. The van der Waals surface area contributed by atoms with Crippen LogP contribution in [0, 0.1) is 17.8 Å². The van der Waals surface area contributed by atoms with Crippen LogP contribution in [0.1, 0.15) is 88.5 Å². The maximum atomic E-state index is 15.0. The van der Waals surface area contributed by atoms with E-state index in [-0.39, 0.29) is 41.5 Å². The van der Waals surface area contributed by atoms with Gasteiger partial charge in [-0.1, -0.05) is 50.6 Å². The quantitative estimate of drug-likeness (QED) is 0.124. The van der Waals surface area contributed by atoms with Gasteiger partial charge in [0.15, 0.2) is 17.3 Å². The summed E-state index contributed by atoms with van der Waals surface area (Å²) in [5, 5.41) is 5.70. The van der Waals surface area contributed by atoms with Gasteiger partial charge in [-0.15, -0.1) is 0 Å². The monoisotopic (exact) mass is 727 g/mol. The third-order valence-corrected chi connectivity index (χ3v) is 10.0. The number of fused-ring (bicyclic) bond motifs is 1. The zero-order chi connectivity index (χ0) is 37.1. The molecule has 2 aliphatic rings. The van der Waals surface area contributed by atoms with Gasteiger partial charge in [-0.2, -0.15) is 5.10 Å². The Morgan fingerprint density at radius 2 is 1.80 bits per heavy atom. The Labute approximate surface area is 297 Å². The van der Waals surface area contributed by atoms with Crippen LogP contribution in [-0.4, -0.2) is 55.0 Å². The smallest absolute Gasteiger partial charge is 0.306 e. The fraction of sp³-hybridized carbons (Fsp3) is 0.444. The maximum Gasteiger partial charge on any atom is 0.306 e. The van der Waals surface area contributed by atoms with Gasteiger partial charge in [-0.25, -0.2) is 32.2 Å². The summed E-state index contributed by atoms with van der Waals surface area (Å²) in [4.78, 5) is 42.2. The van der Waals surface area contributed by atoms with Crippen molar-refractivity contribution < 1.29 is 31.9 Å². The van der Waals surface area contributed by atoms with Crippen LogP contribution in [0.2, 0.25) is 5.02 Å². The number of rotatable bonds is 11. The first kappa shape index (κ1) is 36.2. The number of nitrogens with zero attached hydrogens (tertiary/aromatic N) is 6. The largest absolute Gasteiger partial charge is 0.463 e. The lowest BCUT2D eigenvalue weighted by Crippen LogP contribution is -2.47. The summed E-state index contributed by atoms with van der Waals surface area (Å²) in [5.74, 6) is -5.35. The van der Waals surface area contributed by atoms with Gasteiger partial charge < -0.3 is 10.5 Å². The second-order valence-corrected chi connectivity index (χ2v) is 15.1. The summed E-state index contributed by atoms with van der Waals surface area (Å²) in [7, 11) is 0. The summed E-state index contributed by atoms with van der Waals surface area (Å²) in [6, 6.07) is 10.6. The van der Waals surface area contributed by atoms with Gasteiger partial charge in [0, 0.05) is 22.7 Å². The van der Waals surface area contributed by atoms with Crippen molar-refractivity contribution in [2.45, 2.75) is 84.2 Å². The average molecular weight is 728 g/mol. The lowest BCUT2D eigenvalue weighted by Gasteiger charge is -2.35. The number of aryl methyl sites for hydroxylation is 1. The number of benzene rings is 2. The Balaban J connectivity index is 1.44. The fourth-order valence-corrected chi connectivity index (χ4v) is 7.08. The minimum absolute atomic E-state index is 0.0162. The van der Waals surface area contributed by atoms with E-state index in [1.165, 1.54) is 23.1 Å². The maximum absolute atomic E-state index is 15.0. The van der Waals surface area contributed by atoms with Crippen LogP contribution in [0.15, 0.2) is 60.0 Å². The van der Waals surface area contributed by atoms with Crippen molar-refractivity contribution in [3.8, 4) is 5.69 Å². The summed E-state index contributed by atoms with van der Waals surface area (Å²) in [6.45, 7) is 8.04. The van der Waals surface area contributed by atoms with Crippen molar-refractivity contribution in [2.75, 3.05) is 6.61 Å². The number of aliphatic imine (C=N–C) groups is 1. The second kappa shape index (κ2) is 12.9. The molecule has 10 nitrogen and oxygen atoms in total. The number of halogens is 5. The molecule has 6 rings (SSSR count). The minimum Gasteiger partial charge on any atom is -0.463 e. The van der Waals surface area contributed by atoms with E-state index in [9.17, 15) is 27.2 Å². The normalized spacial score (nSPS) is 19.5. The molecule has 0 radical (unpaired) electrons. The highest BCUT2D eigenvalue weighted by molar-refractivity contribution is 6.32. The standard InChI is InChI=1S/C36H38ClF4N7O3/c1-20-24-8-7-23(14-21(24)10-13-43-20)36(18-33(2,3)4)31(50)47(32(42)46-36)27(17-51-28(49)16-35(11-12-35)34(5,40)41)22-6-9-25(37)26(15-22)48-30(29(38)39)44-19-45-48/h6-10,13-15,19,27,29H,11-12,16-18H2,1-5H3,(H2,42,46)/t27-,36-/m1/s1. The van der Waals surface area contributed by atoms with Gasteiger partial charge in [-0.3, -0.25) is 19.5 Å². The highest BCUT2D eigenvalue weighted by Gasteiger charge is 2.60. The molecule has 1 aliphatic carbocycles. The summed E-state index contributed by atoms with van der Waals surface area (Å²) < 4.78 is 63.0. The number of guanidine groups is 1. The third kappa shape index (κ3) is 6.77. The molecular formula is C36H38ClF4N7O3. The first-order chi connectivity index (χ1) is 23.9. The van der Waals surface area contributed by atoms with Gasteiger partial charge in [0.25, 0.3) is 18.3 Å². The molecule has 2 atom stereocenters. The molecule has 0 unspecified atom stereocenters. The predicted molar refractivity (Wildman–Crippen MR) is 183 cm³/mol. The van der Waals surface area contributed by atoms with E-state index >= 15 is 0 Å². The van der Waals surface area contributed by atoms with Crippen molar-refractivity contribution >= 4 is 40.2 Å². The van der Waals surface area contributed by atoms with E-state index < -0.39 is 65.5 Å². The average Bonchev–Trinajstić information content (AvgIpc) is 3.59. The Kier molecular flexibility index (Phi) is 9.14. The minimum atomic E-state index is -3.10. The number of carbonyl (C=O) groups is 2. The molecule has 3 heterocycles. The van der Waals surface area contributed by atoms with Crippen LogP contribution < -0.4 is 5.73 Å². The van der Waals surface area contributed by atoms with Crippen LogP contribution in [-0.2, 0) is 19.9 Å². The molecule has 4 aromatic rings. The SMILES string of the molecule is Cc1nccc2cc([C@@]3(CC(C)(C)C)N=C(N)N([C@H](COC(=O)CC4(C(C)(F)F)CC4)c4ccc(Cl)c(-n5ncnc5C(F)F)c4)C3=O)ccc12. The number of hydrogen-bond donors (Lipinski definition) is 1. The van der Waals surface area contributed by atoms with Crippen LogP contribution in [0.25, 0.3) is 16.5 Å². The van der Waals surface area contributed by atoms with Gasteiger partial charge >= 0.3 is 5.97 Å². The molecule has 2 N–H and O–H groups in total. The first-order valence-corrected chi connectivity index (χ1v) is 16.8. The lowest BCUT2D eigenvalue weighted by molar-refractivity contribution is -0.153. The van der Waals surface area contributed by atoms with E-state index in [2.05, 4.69) is 15.1 Å². The number of ether oxygens (including phenoxy) is 1. The summed E-state index contributed by atoms with van der Waals surface area (Å²) >= 11 is 6.47. The van der Waals surface area contributed by atoms with E-state index in [0.29, 0.717) is 5.56 Å². The highest BCUT2D eigenvalue weighted by atomic mass is 35.5. The van der Waals surface area contributed by atoms with Gasteiger partial charge in [-0.05, 0) is 79.3 Å². The predicted octanol–water partition coefficient (Wildman–Crippen LogP) is 7.61. The molecule has 2 aromatic carbocycles. The first-order valence-electron chi connectivity index (χ1n) is 16.4. The molecule has 1 amide bonds. The van der Waals surface area contributed by atoms with E-state index in [4.69, 9.17) is 27.1 Å². The molecule has 1 saturated carbocycles. The molecule has 0 bridgehead atoms. The van der Waals surface area contributed by atoms with Crippen molar-refractivity contribution in [1.29, 1.82) is 0 Å². The van der Waals surface area contributed by atoms with E-state index in [1.807, 2.05) is 52.0 Å². The summed E-state index contributed by atoms with van der Waals surface area (Å²) in [5.41, 5.74) is 4.85. The van der Waals surface area contributed by atoms with Gasteiger partial charge in [0.05, 0.1) is 23.2 Å². The van der Waals surface area contributed by atoms with Crippen molar-refractivity contribution in [3.05, 3.63) is 82.7 Å². The topological polar surface area (TPSA) is 129 Å². The Morgan fingerprint density at radius 3 is 2.45 bits per heavy atom. The fourth-order valence-electron chi connectivity index (χ4n) is 6.89. The zero-order valence-electron chi connectivity index (χ0n) is 28.8. The van der Waals surface area contributed by atoms with E-state index in [0.717, 1.165) is 34.4 Å². The number of nitrogens with two attached hydrogens (primary N) is 1. The van der Waals surface area contributed by atoms with Crippen LogP contribution in [0.4, 0.5) is 17.6 Å². The number of pyridine rings is 1. The molecule has 270 valence electrons. The number of carbonyl (C=O) groups excluding carboxylic acids is 2. The number of esters is 1. The molecular weight excluding hydrogens is 690 g/mol. The lowest BCUT2D eigenvalue weighted by atomic mass is 9.75. The number of amides is 1. The molecule has 51 heavy (non-hydrogen) atoms. The Morgan fingerprint density at radius 1 is 1.08 bits per heavy atom. The summed E-state index contributed by atoms with van der Waals surface area (Å²) in [6.07, 6.45) is -0.315. The van der Waals surface area contributed by atoms with Crippen LogP contribution in [0.3, 0.4) is 0 Å². The van der Waals surface area contributed by atoms with Gasteiger partial charge in [0.2, 0.25) is 0 Å². The number of hydrogen-bond acceptors (Lipinski definition) is 8. The van der Waals surface area contributed by atoms with Crippen LogP contribution >= 0.6 is 11.6 Å². The molecule has 2 aromatic heterocycles. The van der Waals surface area contributed by atoms with Crippen molar-refractivity contribution in [3.63, 3.8) is 0 Å². The molecule has 0 spiro atoms. The Bertz CT molecular complexity index is 2040.